The van der Waals surface area contributed by atoms with Gasteiger partial charge in [0.05, 0.1) is 6.61 Å². The maximum atomic E-state index is 5.72. The van der Waals surface area contributed by atoms with Crippen LogP contribution >= 0.6 is 0 Å². The summed E-state index contributed by atoms with van der Waals surface area (Å²) in [5, 5.41) is 0. The first-order valence-corrected chi connectivity index (χ1v) is 4.44. The van der Waals surface area contributed by atoms with Crippen LogP contribution in [0.25, 0.3) is 0 Å². The summed E-state index contributed by atoms with van der Waals surface area (Å²) in [6.07, 6.45) is 0.949. The second-order valence-electron chi connectivity index (χ2n) is 3.37. The topological polar surface area (TPSA) is 38.5 Å². The van der Waals surface area contributed by atoms with Gasteiger partial charge in [-0.2, -0.15) is 0 Å². The van der Waals surface area contributed by atoms with Crippen LogP contribution < -0.4 is 10.6 Å². The minimum atomic E-state index is 0.664. The van der Waals surface area contributed by atoms with Gasteiger partial charge in [-0.1, -0.05) is 0 Å². The Morgan fingerprint density at radius 1 is 1.46 bits per heavy atom. The lowest BCUT2D eigenvalue weighted by Crippen LogP contribution is -2.19. The molecule has 0 fully saturated rings. The molecule has 1 aliphatic rings. The molecule has 1 aromatic carbocycles. The van der Waals surface area contributed by atoms with E-state index in [0.29, 0.717) is 6.73 Å². The molecule has 0 aliphatic carbocycles. The molecule has 1 aromatic rings. The number of nitrogens with zero attached hydrogens (tertiary/aromatic N) is 1. The average molecular weight is 178 g/mol. The molecule has 3 heteroatoms. The van der Waals surface area contributed by atoms with Crippen molar-refractivity contribution < 1.29 is 4.74 Å². The number of nitrogen functional groups attached to an aromatic ring is 1. The van der Waals surface area contributed by atoms with E-state index < -0.39 is 0 Å². The van der Waals surface area contributed by atoms with E-state index in [9.17, 15) is 0 Å². The minimum Gasteiger partial charge on any atom is -0.399 e. The van der Waals surface area contributed by atoms with E-state index in [1.807, 2.05) is 19.2 Å². The quantitative estimate of drug-likeness (QED) is 0.607. The van der Waals surface area contributed by atoms with Gasteiger partial charge in [0.2, 0.25) is 0 Å². The van der Waals surface area contributed by atoms with Crippen LogP contribution in [0.3, 0.4) is 0 Å². The van der Waals surface area contributed by atoms with Crippen molar-refractivity contribution in [1.82, 2.24) is 0 Å². The Morgan fingerprint density at radius 2 is 2.31 bits per heavy atom. The fraction of sp³-hybridized carbons (Fsp3) is 0.400. The zero-order chi connectivity index (χ0) is 9.26. The number of ether oxygens (including phenoxy) is 1. The number of hydrogen-bond acceptors (Lipinski definition) is 3. The van der Waals surface area contributed by atoms with E-state index in [1.165, 1.54) is 11.3 Å². The number of fused-ring (bicyclic) bond motifs is 1. The van der Waals surface area contributed by atoms with Crippen LogP contribution in [-0.4, -0.2) is 20.4 Å². The third kappa shape index (κ3) is 1.60. The van der Waals surface area contributed by atoms with E-state index in [-0.39, 0.29) is 0 Å². The first-order chi connectivity index (χ1) is 6.27. The molecular weight excluding hydrogens is 164 g/mol. The van der Waals surface area contributed by atoms with Crippen LogP contribution in [0.15, 0.2) is 18.2 Å². The molecule has 2 rings (SSSR count). The molecule has 70 valence electrons. The number of benzene rings is 1. The highest BCUT2D eigenvalue weighted by Crippen LogP contribution is 2.24. The summed E-state index contributed by atoms with van der Waals surface area (Å²) in [5.41, 5.74) is 9.05. The van der Waals surface area contributed by atoms with Gasteiger partial charge in [-0.15, -0.1) is 0 Å². The summed E-state index contributed by atoms with van der Waals surface area (Å²) < 4.78 is 5.41. The van der Waals surface area contributed by atoms with Gasteiger partial charge in [-0.3, -0.25) is 0 Å². The summed E-state index contributed by atoms with van der Waals surface area (Å²) in [5.74, 6) is 0. The standard InChI is InChI=1S/C10H14N2O/c1-12-7-13-5-4-8-6-9(11)2-3-10(8)12/h2-3,6H,4-5,7,11H2,1H3. The fourth-order valence-corrected chi connectivity index (χ4v) is 1.63. The van der Waals surface area contributed by atoms with Crippen molar-refractivity contribution in [3.63, 3.8) is 0 Å². The molecule has 1 heterocycles. The van der Waals surface area contributed by atoms with Gasteiger partial charge < -0.3 is 15.4 Å². The molecule has 0 spiro atoms. The Balaban J connectivity index is 2.42. The first kappa shape index (κ1) is 8.38. The highest BCUT2D eigenvalue weighted by molar-refractivity contribution is 5.59. The maximum absolute atomic E-state index is 5.72. The summed E-state index contributed by atoms with van der Waals surface area (Å²) in [6, 6.07) is 6.01. The average Bonchev–Trinajstić information content (AvgIpc) is 2.28. The molecule has 13 heavy (non-hydrogen) atoms. The Labute approximate surface area is 78.1 Å². The minimum absolute atomic E-state index is 0.664. The van der Waals surface area contributed by atoms with Gasteiger partial charge in [0.15, 0.2) is 0 Å². The molecule has 1 aliphatic heterocycles. The van der Waals surface area contributed by atoms with Gasteiger partial charge in [0.25, 0.3) is 0 Å². The van der Waals surface area contributed by atoms with Gasteiger partial charge in [-0.25, -0.2) is 0 Å². The molecule has 0 saturated carbocycles. The van der Waals surface area contributed by atoms with E-state index in [2.05, 4.69) is 11.0 Å². The smallest absolute Gasteiger partial charge is 0.118 e. The lowest BCUT2D eigenvalue weighted by Gasteiger charge is -2.18. The first-order valence-electron chi connectivity index (χ1n) is 4.44. The van der Waals surface area contributed by atoms with Crippen molar-refractivity contribution >= 4 is 11.4 Å². The fourth-order valence-electron chi connectivity index (χ4n) is 1.63. The van der Waals surface area contributed by atoms with Crippen LogP contribution in [-0.2, 0) is 11.2 Å². The third-order valence-corrected chi connectivity index (χ3v) is 2.32. The van der Waals surface area contributed by atoms with E-state index >= 15 is 0 Å². The highest BCUT2D eigenvalue weighted by Gasteiger charge is 2.11. The lowest BCUT2D eigenvalue weighted by molar-refractivity contribution is 0.145. The van der Waals surface area contributed by atoms with Crippen LogP contribution in [0.2, 0.25) is 0 Å². The van der Waals surface area contributed by atoms with Crippen molar-refractivity contribution in [2.45, 2.75) is 6.42 Å². The summed E-state index contributed by atoms with van der Waals surface area (Å²) in [6.45, 7) is 1.44. The summed E-state index contributed by atoms with van der Waals surface area (Å²) in [4.78, 5) is 2.10. The molecule has 0 unspecified atom stereocenters. The number of rotatable bonds is 0. The normalized spacial score (nSPS) is 16.5. The summed E-state index contributed by atoms with van der Waals surface area (Å²) in [7, 11) is 2.03. The van der Waals surface area contributed by atoms with Gasteiger partial charge in [0, 0.05) is 18.4 Å². The molecule has 0 aromatic heterocycles. The number of anilines is 2. The van der Waals surface area contributed by atoms with Crippen LogP contribution in [0, 0.1) is 0 Å². The van der Waals surface area contributed by atoms with E-state index in [0.717, 1.165) is 18.7 Å². The molecule has 3 nitrogen and oxygen atoms in total. The molecule has 0 atom stereocenters. The van der Waals surface area contributed by atoms with Crippen molar-refractivity contribution in [1.29, 1.82) is 0 Å². The molecule has 0 saturated heterocycles. The molecule has 0 radical (unpaired) electrons. The maximum Gasteiger partial charge on any atom is 0.118 e. The SMILES string of the molecule is CN1COCCc2cc(N)ccc21. The molecule has 0 amide bonds. The Morgan fingerprint density at radius 3 is 3.15 bits per heavy atom. The Kier molecular flexibility index (Phi) is 2.10. The second kappa shape index (κ2) is 3.26. The zero-order valence-corrected chi connectivity index (χ0v) is 7.79. The lowest BCUT2D eigenvalue weighted by atomic mass is 10.1. The predicted octanol–water partition coefficient (Wildman–Crippen LogP) is 1.24. The predicted molar refractivity (Wildman–Crippen MR) is 53.8 cm³/mol. The van der Waals surface area contributed by atoms with E-state index in [4.69, 9.17) is 10.5 Å². The molecular formula is C10H14N2O. The van der Waals surface area contributed by atoms with Crippen molar-refractivity contribution in [2.75, 3.05) is 31.0 Å². The third-order valence-electron chi connectivity index (χ3n) is 2.32. The van der Waals surface area contributed by atoms with E-state index in [1.54, 1.807) is 0 Å². The van der Waals surface area contributed by atoms with Crippen LogP contribution in [0.1, 0.15) is 5.56 Å². The molecule has 2 N–H and O–H groups in total. The Hall–Kier alpha value is -1.22. The largest absolute Gasteiger partial charge is 0.399 e. The molecule has 0 bridgehead atoms. The van der Waals surface area contributed by atoms with Crippen LogP contribution in [0.5, 0.6) is 0 Å². The van der Waals surface area contributed by atoms with Gasteiger partial charge in [0.1, 0.15) is 6.73 Å². The second-order valence-corrected chi connectivity index (χ2v) is 3.37. The zero-order valence-electron chi connectivity index (χ0n) is 7.79. The Bertz CT molecular complexity index is 312. The summed E-state index contributed by atoms with van der Waals surface area (Å²) >= 11 is 0. The van der Waals surface area contributed by atoms with Gasteiger partial charge in [-0.05, 0) is 30.2 Å². The monoisotopic (exact) mass is 178 g/mol. The number of hydrogen-bond donors (Lipinski definition) is 1. The van der Waals surface area contributed by atoms with Crippen LogP contribution in [0.4, 0.5) is 11.4 Å². The van der Waals surface area contributed by atoms with Gasteiger partial charge >= 0.3 is 0 Å². The highest BCUT2D eigenvalue weighted by atomic mass is 16.5. The van der Waals surface area contributed by atoms with Crippen molar-refractivity contribution in [2.24, 2.45) is 0 Å². The van der Waals surface area contributed by atoms with Crippen molar-refractivity contribution in [3.05, 3.63) is 23.8 Å². The number of nitrogens with two attached hydrogens (primary N) is 1. The van der Waals surface area contributed by atoms with Crippen molar-refractivity contribution in [3.8, 4) is 0 Å².